The molecule has 0 aliphatic carbocycles. The summed E-state index contributed by atoms with van der Waals surface area (Å²) in [6.45, 7) is 1.31. The Morgan fingerprint density at radius 3 is 2.78 bits per heavy atom. The first-order chi connectivity index (χ1) is 17.5. The molecule has 3 aromatic rings. The Labute approximate surface area is 216 Å². The van der Waals surface area contributed by atoms with E-state index in [-0.39, 0.29) is 18.4 Å². The van der Waals surface area contributed by atoms with E-state index in [9.17, 15) is 9.59 Å². The summed E-state index contributed by atoms with van der Waals surface area (Å²) < 4.78 is 11.5. The number of nitrogens with zero attached hydrogens (tertiary/aromatic N) is 2. The first-order valence-corrected chi connectivity index (χ1v) is 12.5. The second-order valence-electron chi connectivity index (χ2n) is 8.65. The Hall–Kier alpha value is -3.58. The predicted octanol–water partition coefficient (Wildman–Crippen LogP) is 4.68. The zero-order valence-corrected chi connectivity index (χ0v) is 21.0. The number of hydrogen-bond acceptors (Lipinski definition) is 5. The number of benzene rings is 2. The lowest BCUT2D eigenvalue weighted by Crippen LogP contribution is -2.48. The molecular weight excluding hydrogens is 478 g/mol. The number of rotatable bonds is 9. The van der Waals surface area contributed by atoms with E-state index in [4.69, 9.17) is 21.1 Å². The van der Waals surface area contributed by atoms with Gasteiger partial charge in [-0.1, -0.05) is 29.8 Å². The molecule has 1 aromatic heterocycles. The number of aromatic nitrogens is 1. The van der Waals surface area contributed by atoms with Crippen LogP contribution in [0.25, 0.3) is 0 Å². The fourth-order valence-corrected chi connectivity index (χ4v) is 4.46. The lowest BCUT2D eigenvalue weighted by molar-refractivity contribution is -0.125. The van der Waals surface area contributed by atoms with Crippen molar-refractivity contribution < 1.29 is 19.1 Å². The van der Waals surface area contributed by atoms with Gasteiger partial charge in [0, 0.05) is 42.0 Å². The van der Waals surface area contributed by atoms with E-state index in [0.29, 0.717) is 48.1 Å². The number of amides is 2. The van der Waals surface area contributed by atoms with Gasteiger partial charge in [-0.2, -0.15) is 0 Å². The summed E-state index contributed by atoms with van der Waals surface area (Å²) in [4.78, 5) is 32.4. The molecule has 0 unspecified atom stereocenters. The molecule has 1 aliphatic heterocycles. The normalized spacial score (nSPS) is 15.5. The van der Waals surface area contributed by atoms with Gasteiger partial charge in [0.1, 0.15) is 6.04 Å². The molecule has 8 heteroatoms. The van der Waals surface area contributed by atoms with E-state index < -0.39 is 6.04 Å². The summed E-state index contributed by atoms with van der Waals surface area (Å²) >= 11 is 6.15. The third-order valence-corrected chi connectivity index (χ3v) is 6.37. The Bertz CT molecular complexity index is 1190. The van der Waals surface area contributed by atoms with E-state index in [1.165, 1.54) is 0 Å². The number of carbonyl (C=O) groups excluding carboxylic acids is 2. The van der Waals surface area contributed by atoms with E-state index in [2.05, 4.69) is 10.3 Å². The standard InChI is InChI=1S/C28H30ClN3O4/c1-35-26-17-20(11-12-25(26)36-16-13-23-9-2-4-14-30-23)19-32(24-10-3-5-15-31-27(24)33)28(34)21-7-6-8-22(29)18-21/h2,4,6-9,11-12,14,17-18,24H,3,5,10,13,15-16,19H2,1H3,(H,31,33)/t24-/m0/s1. The highest BCUT2D eigenvalue weighted by atomic mass is 35.5. The Morgan fingerprint density at radius 1 is 1.11 bits per heavy atom. The number of ether oxygens (including phenoxy) is 2. The highest BCUT2D eigenvalue weighted by Crippen LogP contribution is 2.30. The molecule has 0 saturated carbocycles. The fraction of sp³-hybridized carbons (Fsp3) is 0.321. The number of carbonyl (C=O) groups is 2. The maximum absolute atomic E-state index is 13.6. The topological polar surface area (TPSA) is 80.8 Å². The summed E-state index contributed by atoms with van der Waals surface area (Å²) in [5.41, 5.74) is 2.22. The van der Waals surface area contributed by atoms with Gasteiger partial charge in [-0.3, -0.25) is 14.6 Å². The molecule has 1 saturated heterocycles. The third kappa shape index (κ3) is 6.55. The fourth-order valence-electron chi connectivity index (χ4n) is 4.27. The molecule has 0 radical (unpaired) electrons. The summed E-state index contributed by atoms with van der Waals surface area (Å²) in [7, 11) is 1.58. The van der Waals surface area contributed by atoms with Gasteiger partial charge in [0.15, 0.2) is 11.5 Å². The molecule has 2 amide bonds. The summed E-state index contributed by atoms with van der Waals surface area (Å²) in [5.74, 6) is 0.796. The van der Waals surface area contributed by atoms with Crippen molar-refractivity contribution in [3.05, 3.63) is 88.7 Å². The van der Waals surface area contributed by atoms with E-state index in [1.54, 1.807) is 42.5 Å². The van der Waals surface area contributed by atoms with Crippen LogP contribution in [0.2, 0.25) is 5.02 Å². The molecule has 0 spiro atoms. The van der Waals surface area contributed by atoms with E-state index in [1.807, 2.05) is 36.4 Å². The van der Waals surface area contributed by atoms with Crippen LogP contribution in [0.4, 0.5) is 0 Å². The summed E-state index contributed by atoms with van der Waals surface area (Å²) in [5, 5.41) is 3.41. The third-order valence-electron chi connectivity index (χ3n) is 6.14. The zero-order valence-electron chi connectivity index (χ0n) is 20.3. The van der Waals surface area contributed by atoms with Crippen LogP contribution in [0, 0.1) is 0 Å². The number of halogens is 1. The average molecular weight is 508 g/mol. The molecule has 36 heavy (non-hydrogen) atoms. The second-order valence-corrected chi connectivity index (χ2v) is 9.09. The van der Waals surface area contributed by atoms with Crippen LogP contribution in [0.3, 0.4) is 0 Å². The zero-order chi connectivity index (χ0) is 25.3. The van der Waals surface area contributed by atoms with Crippen molar-refractivity contribution in [2.24, 2.45) is 0 Å². The molecule has 0 bridgehead atoms. The van der Waals surface area contributed by atoms with Crippen LogP contribution in [0.15, 0.2) is 66.9 Å². The van der Waals surface area contributed by atoms with Gasteiger partial charge < -0.3 is 19.7 Å². The lowest BCUT2D eigenvalue weighted by Gasteiger charge is -2.30. The maximum Gasteiger partial charge on any atom is 0.254 e. The van der Waals surface area contributed by atoms with Crippen molar-refractivity contribution in [1.29, 1.82) is 0 Å². The van der Waals surface area contributed by atoms with Crippen LogP contribution in [-0.2, 0) is 17.8 Å². The van der Waals surface area contributed by atoms with Crippen molar-refractivity contribution in [3.63, 3.8) is 0 Å². The van der Waals surface area contributed by atoms with Gasteiger partial charge in [0.2, 0.25) is 5.91 Å². The SMILES string of the molecule is COc1cc(CN(C(=O)c2cccc(Cl)c2)[C@H]2CCCCNC2=O)ccc1OCCc1ccccn1. The Morgan fingerprint density at radius 2 is 2.00 bits per heavy atom. The van der Waals surface area contributed by atoms with Crippen LogP contribution in [0.1, 0.15) is 40.9 Å². The Balaban J connectivity index is 1.54. The van der Waals surface area contributed by atoms with Crippen molar-refractivity contribution in [2.75, 3.05) is 20.3 Å². The maximum atomic E-state index is 13.6. The van der Waals surface area contributed by atoms with Crippen LogP contribution in [-0.4, -0.2) is 48.0 Å². The van der Waals surface area contributed by atoms with Gasteiger partial charge in [-0.15, -0.1) is 0 Å². The second kappa shape index (κ2) is 12.4. The largest absolute Gasteiger partial charge is 0.493 e. The van der Waals surface area contributed by atoms with E-state index in [0.717, 1.165) is 24.1 Å². The van der Waals surface area contributed by atoms with Crippen molar-refractivity contribution in [1.82, 2.24) is 15.2 Å². The predicted molar refractivity (Wildman–Crippen MR) is 138 cm³/mol. The average Bonchev–Trinajstić information content (AvgIpc) is 3.12. The highest BCUT2D eigenvalue weighted by Gasteiger charge is 2.31. The summed E-state index contributed by atoms with van der Waals surface area (Å²) in [6, 6.07) is 17.6. The first kappa shape index (κ1) is 25.5. The molecule has 1 N–H and O–H groups in total. The van der Waals surface area contributed by atoms with Gasteiger partial charge in [-0.05, 0) is 67.3 Å². The number of nitrogens with one attached hydrogen (secondary N) is 1. The van der Waals surface area contributed by atoms with Crippen LogP contribution in [0.5, 0.6) is 11.5 Å². The summed E-state index contributed by atoms with van der Waals surface area (Å²) in [6.07, 6.45) is 4.78. The van der Waals surface area contributed by atoms with Gasteiger partial charge in [0.25, 0.3) is 5.91 Å². The molecule has 188 valence electrons. The minimum atomic E-state index is -0.570. The molecule has 1 aliphatic rings. The molecular formula is C28H30ClN3O4. The van der Waals surface area contributed by atoms with Gasteiger partial charge >= 0.3 is 0 Å². The van der Waals surface area contributed by atoms with Crippen molar-refractivity contribution >= 4 is 23.4 Å². The number of methoxy groups -OCH3 is 1. The molecule has 7 nitrogen and oxygen atoms in total. The smallest absolute Gasteiger partial charge is 0.254 e. The minimum Gasteiger partial charge on any atom is -0.493 e. The quantitative estimate of drug-likeness (QED) is 0.455. The minimum absolute atomic E-state index is 0.135. The van der Waals surface area contributed by atoms with Crippen molar-refractivity contribution in [2.45, 2.75) is 38.3 Å². The van der Waals surface area contributed by atoms with Gasteiger partial charge in [0.05, 0.1) is 13.7 Å². The molecule has 2 heterocycles. The lowest BCUT2D eigenvalue weighted by atomic mass is 10.0. The molecule has 4 rings (SSSR count). The van der Waals surface area contributed by atoms with Crippen LogP contribution < -0.4 is 14.8 Å². The first-order valence-electron chi connectivity index (χ1n) is 12.1. The molecule has 2 aromatic carbocycles. The Kier molecular flexibility index (Phi) is 8.79. The van der Waals surface area contributed by atoms with Gasteiger partial charge in [-0.25, -0.2) is 0 Å². The molecule has 1 fully saturated rings. The van der Waals surface area contributed by atoms with E-state index >= 15 is 0 Å². The highest BCUT2D eigenvalue weighted by molar-refractivity contribution is 6.31. The number of hydrogen-bond donors (Lipinski definition) is 1. The monoisotopic (exact) mass is 507 g/mol. The molecule has 1 atom stereocenters. The van der Waals surface area contributed by atoms with Crippen LogP contribution >= 0.6 is 11.6 Å². The number of pyridine rings is 1. The van der Waals surface area contributed by atoms with Crippen molar-refractivity contribution in [3.8, 4) is 11.5 Å².